The molecular formula is C16H22BrN3. The zero-order valence-electron chi connectivity index (χ0n) is 12.4. The van der Waals surface area contributed by atoms with Crippen LogP contribution >= 0.6 is 15.9 Å². The van der Waals surface area contributed by atoms with Crippen molar-refractivity contribution in [3.8, 4) is 0 Å². The summed E-state index contributed by atoms with van der Waals surface area (Å²) in [4.78, 5) is 6.80. The number of hydrogen-bond acceptors (Lipinski definition) is 3. The first kappa shape index (κ1) is 15.3. The first-order valence-corrected chi connectivity index (χ1v) is 7.81. The Morgan fingerprint density at radius 1 is 1.20 bits per heavy atom. The third-order valence-corrected chi connectivity index (χ3v) is 3.74. The molecule has 2 aromatic rings. The molecule has 108 valence electrons. The van der Waals surface area contributed by atoms with Crippen LogP contribution in [0.15, 0.2) is 28.7 Å². The van der Waals surface area contributed by atoms with E-state index in [-0.39, 0.29) is 0 Å². The fourth-order valence-electron chi connectivity index (χ4n) is 2.25. The predicted octanol–water partition coefficient (Wildman–Crippen LogP) is 4.06. The molecule has 0 unspecified atom stereocenters. The number of pyridine rings is 1. The van der Waals surface area contributed by atoms with Crippen molar-refractivity contribution in [2.24, 2.45) is 0 Å². The quantitative estimate of drug-likeness (QED) is 0.807. The summed E-state index contributed by atoms with van der Waals surface area (Å²) in [5.74, 6) is 0. The maximum atomic E-state index is 4.58. The number of aromatic nitrogens is 1. The van der Waals surface area contributed by atoms with Crippen LogP contribution in [0.25, 0.3) is 10.9 Å². The van der Waals surface area contributed by atoms with Gasteiger partial charge in [0.1, 0.15) is 0 Å². The average Bonchev–Trinajstić information content (AvgIpc) is 2.38. The van der Waals surface area contributed by atoms with E-state index in [1.54, 1.807) is 0 Å². The highest BCUT2D eigenvalue weighted by molar-refractivity contribution is 9.10. The second-order valence-electron chi connectivity index (χ2n) is 5.41. The minimum atomic E-state index is 0.999. The SMILES string of the molecule is Cc1cc(NCCCCN(C)C)c2cc(Br)ccc2n1. The summed E-state index contributed by atoms with van der Waals surface area (Å²) in [5.41, 5.74) is 3.28. The molecule has 0 aliphatic rings. The lowest BCUT2D eigenvalue weighted by Crippen LogP contribution is -2.14. The summed E-state index contributed by atoms with van der Waals surface area (Å²) in [6, 6.07) is 8.35. The number of nitrogens with zero attached hydrogens (tertiary/aromatic N) is 2. The molecule has 0 spiro atoms. The first-order valence-electron chi connectivity index (χ1n) is 7.02. The summed E-state index contributed by atoms with van der Waals surface area (Å²) in [6.45, 7) is 4.18. The van der Waals surface area contributed by atoms with Gasteiger partial charge in [0.25, 0.3) is 0 Å². The van der Waals surface area contributed by atoms with Gasteiger partial charge in [0.15, 0.2) is 0 Å². The van der Waals surface area contributed by atoms with Gasteiger partial charge in [-0.25, -0.2) is 0 Å². The predicted molar refractivity (Wildman–Crippen MR) is 90.5 cm³/mol. The molecule has 20 heavy (non-hydrogen) atoms. The highest BCUT2D eigenvalue weighted by Gasteiger charge is 2.04. The third kappa shape index (κ3) is 4.18. The lowest BCUT2D eigenvalue weighted by Gasteiger charge is -2.12. The minimum Gasteiger partial charge on any atom is -0.384 e. The van der Waals surface area contributed by atoms with Crippen molar-refractivity contribution in [3.05, 3.63) is 34.4 Å². The Bertz CT molecular complexity index is 581. The molecule has 0 atom stereocenters. The van der Waals surface area contributed by atoms with E-state index in [1.807, 2.05) is 13.0 Å². The fraction of sp³-hybridized carbons (Fsp3) is 0.438. The molecule has 0 saturated carbocycles. The van der Waals surface area contributed by atoms with Crippen molar-refractivity contribution in [3.63, 3.8) is 0 Å². The first-order chi connectivity index (χ1) is 9.56. The molecule has 4 heteroatoms. The summed E-state index contributed by atoms with van der Waals surface area (Å²) in [6.07, 6.45) is 2.39. The molecule has 0 amide bonds. The molecule has 0 aliphatic carbocycles. The number of fused-ring (bicyclic) bond motifs is 1. The van der Waals surface area contributed by atoms with Gasteiger partial charge in [-0.3, -0.25) is 4.98 Å². The van der Waals surface area contributed by atoms with Crippen molar-refractivity contribution in [1.82, 2.24) is 9.88 Å². The van der Waals surface area contributed by atoms with Gasteiger partial charge in [0.2, 0.25) is 0 Å². The van der Waals surface area contributed by atoms with Gasteiger partial charge in [0, 0.05) is 27.8 Å². The molecule has 0 bridgehead atoms. The van der Waals surface area contributed by atoms with Gasteiger partial charge in [0.05, 0.1) is 5.52 Å². The van der Waals surface area contributed by atoms with Crippen molar-refractivity contribution < 1.29 is 0 Å². The van der Waals surface area contributed by atoms with Crippen LogP contribution in [-0.2, 0) is 0 Å². The maximum Gasteiger partial charge on any atom is 0.0726 e. The molecule has 1 aromatic carbocycles. The fourth-order valence-corrected chi connectivity index (χ4v) is 2.61. The molecule has 1 N–H and O–H groups in total. The molecule has 0 fully saturated rings. The van der Waals surface area contributed by atoms with Crippen molar-refractivity contribution in [1.29, 1.82) is 0 Å². The van der Waals surface area contributed by atoms with Crippen molar-refractivity contribution >= 4 is 32.5 Å². The van der Waals surface area contributed by atoms with Gasteiger partial charge in [-0.15, -0.1) is 0 Å². The maximum absolute atomic E-state index is 4.58. The number of rotatable bonds is 6. The van der Waals surface area contributed by atoms with E-state index in [2.05, 4.69) is 63.4 Å². The number of hydrogen-bond donors (Lipinski definition) is 1. The van der Waals surface area contributed by atoms with Gasteiger partial charge < -0.3 is 10.2 Å². The average molecular weight is 336 g/mol. The van der Waals surface area contributed by atoms with Crippen LogP contribution in [0, 0.1) is 6.92 Å². The Hall–Kier alpha value is -1.13. The van der Waals surface area contributed by atoms with Crippen LogP contribution < -0.4 is 5.32 Å². The summed E-state index contributed by atoms with van der Waals surface area (Å²) in [5, 5.41) is 4.73. The summed E-state index contributed by atoms with van der Waals surface area (Å²) >= 11 is 3.53. The smallest absolute Gasteiger partial charge is 0.0726 e. The molecule has 0 aliphatic heterocycles. The molecule has 3 nitrogen and oxygen atoms in total. The van der Waals surface area contributed by atoms with Crippen LogP contribution in [-0.4, -0.2) is 37.1 Å². The zero-order valence-corrected chi connectivity index (χ0v) is 14.0. The zero-order chi connectivity index (χ0) is 14.5. The van der Waals surface area contributed by atoms with Crippen molar-refractivity contribution in [2.45, 2.75) is 19.8 Å². The molecular weight excluding hydrogens is 314 g/mol. The highest BCUT2D eigenvalue weighted by atomic mass is 79.9. The van der Waals surface area contributed by atoms with E-state index >= 15 is 0 Å². The van der Waals surface area contributed by atoms with E-state index in [9.17, 15) is 0 Å². The minimum absolute atomic E-state index is 0.999. The van der Waals surface area contributed by atoms with E-state index < -0.39 is 0 Å². The highest BCUT2D eigenvalue weighted by Crippen LogP contribution is 2.26. The van der Waals surface area contributed by atoms with E-state index in [1.165, 1.54) is 23.9 Å². The lowest BCUT2D eigenvalue weighted by molar-refractivity contribution is 0.396. The number of benzene rings is 1. The lowest BCUT2D eigenvalue weighted by atomic mass is 10.1. The molecule has 1 aromatic heterocycles. The van der Waals surface area contributed by atoms with E-state index in [4.69, 9.17) is 0 Å². The van der Waals surface area contributed by atoms with Gasteiger partial charge in [-0.1, -0.05) is 15.9 Å². The van der Waals surface area contributed by atoms with E-state index in [0.29, 0.717) is 0 Å². The van der Waals surface area contributed by atoms with Crippen LogP contribution in [0.2, 0.25) is 0 Å². The van der Waals surface area contributed by atoms with Gasteiger partial charge in [-0.05, 0) is 64.7 Å². The second-order valence-corrected chi connectivity index (χ2v) is 6.33. The van der Waals surface area contributed by atoms with E-state index in [0.717, 1.165) is 28.8 Å². The second kappa shape index (κ2) is 7.04. The molecule has 0 saturated heterocycles. The summed E-state index contributed by atoms with van der Waals surface area (Å²) < 4.78 is 1.09. The van der Waals surface area contributed by atoms with Crippen LogP contribution in [0.5, 0.6) is 0 Å². The topological polar surface area (TPSA) is 28.2 Å². The third-order valence-electron chi connectivity index (χ3n) is 3.25. The number of anilines is 1. The van der Waals surface area contributed by atoms with Crippen molar-refractivity contribution in [2.75, 3.05) is 32.5 Å². The Balaban J connectivity index is 2.07. The molecule has 1 heterocycles. The molecule has 2 rings (SSSR count). The van der Waals surface area contributed by atoms with Crippen LogP contribution in [0.3, 0.4) is 0 Å². The summed E-state index contributed by atoms with van der Waals surface area (Å²) in [7, 11) is 4.23. The van der Waals surface area contributed by atoms with Gasteiger partial charge >= 0.3 is 0 Å². The van der Waals surface area contributed by atoms with Gasteiger partial charge in [-0.2, -0.15) is 0 Å². The Morgan fingerprint density at radius 3 is 2.75 bits per heavy atom. The number of halogens is 1. The largest absolute Gasteiger partial charge is 0.384 e. The number of nitrogens with one attached hydrogen (secondary N) is 1. The standard InChI is InChI=1S/C16H22BrN3/c1-12-10-16(18-8-4-5-9-20(2)3)14-11-13(17)6-7-15(14)19-12/h6-7,10-11H,4-5,8-9H2,1-3H3,(H,18,19). The monoisotopic (exact) mass is 335 g/mol. The number of unbranched alkanes of at least 4 members (excludes halogenated alkanes) is 1. The Kier molecular flexibility index (Phi) is 5.38. The van der Waals surface area contributed by atoms with Crippen LogP contribution in [0.4, 0.5) is 5.69 Å². The Morgan fingerprint density at radius 2 is 2.00 bits per heavy atom. The molecule has 0 radical (unpaired) electrons. The van der Waals surface area contributed by atoms with Crippen LogP contribution in [0.1, 0.15) is 18.5 Å². The Labute approximate surface area is 129 Å². The normalized spacial score (nSPS) is 11.2. The number of aryl methyl sites for hydroxylation is 1.